The summed E-state index contributed by atoms with van der Waals surface area (Å²) < 4.78 is 5.85. The van der Waals surface area contributed by atoms with Gasteiger partial charge < -0.3 is 20.0 Å². The van der Waals surface area contributed by atoms with Gasteiger partial charge in [0.15, 0.2) is 5.89 Å². The van der Waals surface area contributed by atoms with E-state index >= 15 is 0 Å². The van der Waals surface area contributed by atoms with Crippen LogP contribution in [0.3, 0.4) is 0 Å². The summed E-state index contributed by atoms with van der Waals surface area (Å²) in [5.41, 5.74) is 6.05. The van der Waals surface area contributed by atoms with Crippen LogP contribution in [-0.4, -0.2) is 45.9 Å². The summed E-state index contributed by atoms with van der Waals surface area (Å²) in [6.07, 6.45) is 2.15. The standard InChI is InChI=1S/C16H24N4O3/c1-16(2,3)14-18-10-9-19(8-6-12(10)23-14)13(21)11-5-4-7-20(11)15(17)22/h11H,4-9H2,1-3H3,(H2,17,22)/t11-/m0/s1. The van der Waals surface area contributed by atoms with Crippen molar-refractivity contribution in [3.63, 3.8) is 0 Å². The lowest BCUT2D eigenvalue weighted by molar-refractivity contribution is -0.136. The highest BCUT2D eigenvalue weighted by atomic mass is 16.4. The number of urea groups is 1. The molecular weight excluding hydrogens is 296 g/mol. The number of carbonyl (C=O) groups is 2. The molecule has 3 heterocycles. The van der Waals surface area contributed by atoms with Gasteiger partial charge >= 0.3 is 6.03 Å². The van der Waals surface area contributed by atoms with Crippen molar-refractivity contribution in [2.24, 2.45) is 5.73 Å². The van der Waals surface area contributed by atoms with Crippen molar-refractivity contribution in [2.75, 3.05) is 13.1 Å². The van der Waals surface area contributed by atoms with E-state index in [0.717, 1.165) is 17.9 Å². The number of carbonyl (C=O) groups excluding carboxylic acids is 2. The molecule has 2 aliphatic rings. The Kier molecular flexibility index (Phi) is 3.82. The van der Waals surface area contributed by atoms with Crippen molar-refractivity contribution in [3.8, 4) is 0 Å². The van der Waals surface area contributed by atoms with E-state index in [0.29, 0.717) is 38.4 Å². The Morgan fingerprint density at radius 1 is 1.30 bits per heavy atom. The number of aromatic nitrogens is 1. The maximum Gasteiger partial charge on any atom is 0.315 e. The number of hydrogen-bond donors (Lipinski definition) is 1. The molecule has 3 amide bonds. The number of nitrogens with zero attached hydrogens (tertiary/aromatic N) is 3. The Morgan fingerprint density at radius 3 is 2.70 bits per heavy atom. The van der Waals surface area contributed by atoms with E-state index in [1.807, 2.05) is 0 Å². The van der Waals surface area contributed by atoms with Crippen LogP contribution in [0.4, 0.5) is 4.79 Å². The van der Waals surface area contributed by atoms with Crippen LogP contribution in [0.25, 0.3) is 0 Å². The molecule has 2 aliphatic heterocycles. The zero-order valence-corrected chi connectivity index (χ0v) is 14.0. The molecule has 0 bridgehead atoms. The Labute approximate surface area is 135 Å². The minimum absolute atomic E-state index is 0.0349. The lowest BCUT2D eigenvalue weighted by Crippen LogP contribution is -2.50. The molecule has 1 aromatic heterocycles. The van der Waals surface area contributed by atoms with Crippen LogP contribution in [0, 0.1) is 0 Å². The average molecular weight is 320 g/mol. The van der Waals surface area contributed by atoms with Crippen molar-refractivity contribution in [2.45, 2.75) is 58.0 Å². The van der Waals surface area contributed by atoms with E-state index in [9.17, 15) is 9.59 Å². The quantitative estimate of drug-likeness (QED) is 0.846. The van der Waals surface area contributed by atoms with E-state index in [-0.39, 0.29) is 11.3 Å². The topological polar surface area (TPSA) is 92.7 Å². The van der Waals surface area contributed by atoms with Crippen molar-refractivity contribution in [1.82, 2.24) is 14.8 Å². The number of likely N-dealkylation sites (tertiary alicyclic amines) is 1. The predicted octanol–water partition coefficient (Wildman–Crippen LogP) is 1.40. The SMILES string of the molecule is CC(C)(C)c1nc2c(o1)CCN(C(=O)[C@@H]1CCCN1C(N)=O)C2. The second-order valence-corrected chi connectivity index (χ2v) is 7.34. The van der Waals surface area contributed by atoms with Crippen molar-refractivity contribution in [1.29, 1.82) is 0 Å². The molecule has 2 N–H and O–H groups in total. The number of amides is 3. The molecule has 126 valence electrons. The van der Waals surface area contributed by atoms with Crippen LogP contribution in [-0.2, 0) is 23.2 Å². The number of fused-ring (bicyclic) bond motifs is 1. The van der Waals surface area contributed by atoms with Crippen molar-refractivity contribution < 1.29 is 14.0 Å². The van der Waals surface area contributed by atoms with Gasteiger partial charge in [0, 0.05) is 24.9 Å². The Morgan fingerprint density at radius 2 is 2.04 bits per heavy atom. The highest BCUT2D eigenvalue weighted by Gasteiger charge is 2.37. The zero-order valence-electron chi connectivity index (χ0n) is 14.0. The molecule has 0 saturated carbocycles. The third-order valence-electron chi connectivity index (χ3n) is 4.50. The van der Waals surface area contributed by atoms with E-state index in [1.165, 1.54) is 4.90 Å². The van der Waals surface area contributed by atoms with E-state index in [1.54, 1.807) is 4.90 Å². The van der Waals surface area contributed by atoms with Gasteiger partial charge in [-0.2, -0.15) is 0 Å². The highest BCUT2D eigenvalue weighted by molar-refractivity contribution is 5.87. The molecule has 7 nitrogen and oxygen atoms in total. The third-order valence-corrected chi connectivity index (χ3v) is 4.50. The van der Waals surface area contributed by atoms with Gasteiger partial charge in [0.05, 0.1) is 6.54 Å². The fourth-order valence-electron chi connectivity index (χ4n) is 3.21. The lowest BCUT2D eigenvalue weighted by atomic mass is 9.97. The number of nitrogens with two attached hydrogens (primary N) is 1. The van der Waals surface area contributed by atoms with Gasteiger partial charge in [0.1, 0.15) is 17.5 Å². The van der Waals surface area contributed by atoms with Gasteiger partial charge in [-0.15, -0.1) is 0 Å². The minimum Gasteiger partial charge on any atom is -0.445 e. The summed E-state index contributed by atoms with van der Waals surface area (Å²) in [4.78, 5) is 32.0. The van der Waals surface area contributed by atoms with Crippen molar-refractivity contribution in [3.05, 3.63) is 17.3 Å². The fourth-order valence-corrected chi connectivity index (χ4v) is 3.21. The number of oxazole rings is 1. The maximum atomic E-state index is 12.7. The number of primary amides is 1. The van der Waals surface area contributed by atoms with Crippen molar-refractivity contribution >= 4 is 11.9 Å². The summed E-state index contributed by atoms with van der Waals surface area (Å²) >= 11 is 0. The average Bonchev–Trinajstić information content (AvgIpc) is 3.11. The molecule has 23 heavy (non-hydrogen) atoms. The Bertz CT molecular complexity index is 632. The summed E-state index contributed by atoms with van der Waals surface area (Å²) in [6.45, 7) is 7.75. The first kappa shape index (κ1) is 15.8. The molecule has 1 saturated heterocycles. The summed E-state index contributed by atoms with van der Waals surface area (Å²) in [5, 5.41) is 0. The summed E-state index contributed by atoms with van der Waals surface area (Å²) in [6, 6.07) is -0.946. The summed E-state index contributed by atoms with van der Waals surface area (Å²) in [7, 11) is 0. The molecule has 0 aromatic carbocycles. The molecule has 7 heteroatoms. The highest BCUT2D eigenvalue weighted by Crippen LogP contribution is 2.28. The molecule has 1 aromatic rings. The number of rotatable bonds is 1. The fraction of sp³-hybridized carbons (Fsp3) is 0.688. The lowest BCUT2D eigenvalue weighted by Gasteiger charge is -2.31. The molecule has 1 fully saturated rings. The first-order valence-corrected chi connectivity index (χ1v) is 8.11. The zero-order chi connectivity index (χ0) is 16.8. The van der Waals surface area contributed by atoms with Gasteiger partial charge in [-0.1, -0.05) is 20.8 Å². The van der Waals surface area contributed by atoms with Crippen LogP contribution in [0.5, 0.6) is 0 Å². The molecule has 0 unspecified atom stereocenters. The van der Waals surface area contributed by atoms with E-state index < -0.39 is 12.1 Å². The first-order valence-electron chi connectivity index (χ1n) is 8.11. The van der Waals surface area contributed by atoms with Gasteiger partial charge in [0.25, 0.3) is 0 Å². The van der Waals surface area contributed by atoms with Gasteiger partial charge in [0.2, 0.25) is 5.91 Å². The molecule has 0 radical (unpaired) electrons. The largest absolute Gasteiger partial charge is 0.445 e. The summed E-state index contributed by atoms with van der Waals surface area (Å²) in [5.74, 6) is 1.54. The molecule has 0 aliphatic carbocycles. The van der Waals surface area contributed by atoms with E-state index in [4.69, 9.17) is 10.2 Å². The minimum atomic E-state index is -0.519. The van der Waals surface area contributed by atoms with Crippen LogP contribution in [0.15, 0.2) is 4.42 Å². The molecule has 0 spiro atoms. The van der Waals surface area contributed by atoms with Crippen LogP contribution >= 0.6 is 0 Å². The van der Waals surface area contributed by atoms with Gasteiger partial charge in [-0.25, -0.2) is 9.78 Å². The maximum absolute atomic E-state index is 12.7. The second-order valence-electron chi connectivity index (χ2n) is 7.34. The molecule has 3 rings (SSSR count). The second kappa shape index (κ2) is 5.54. The monoisotopic (exact) mass is 320 g/mol. The third kappa shape index (κ3) is 2.92. The molecular formula is C16H24N4O3. The normalized spacial score (nSPS) is 21.4. The Hall–Kier alpha value is -2.05. The van der Waals surface area contributed by atoms with Crippen LogP contribution in [0.2, 0.25) is 0 Å². The smallest absolute Gasteiger partial charge is 0.315 e. The Balaban J connectivity index is 1.75. The molecule has 1 atom stereocenters. The van der Waals surface area contributed by atoms with E-state index in [2.05, 4.69) is 25.8 Å². The number of hydrogen-bond acceptors (Lipinski definition) is 4. The van der Waals surface area contributed by atoms with Crippen LogP contribution in [0.1, 0.15) is 51.0 Å². The van der Waals surface area contributed by atoms with Gasteiger partial charge in [-0.05, 0) is 12.8 Å². The predicted molar refractivity (Wildman–Crippen MR) is 83.6 cm³/mol. The van der Waals surface area contributed by atoms with Gasteiger partial charge in [-0.3, -0.25) is 4.79 Å². The first-order chi connectivity index (χ1) is 10.8. The van der Waals surface area contributed by atoms with Crippen LogP contribution < -0.4 is 5.73 Å².